The van der Waals surface area contributed by atoms with Crippen molar-refractivity contribution < 1.29 is 24.0 Å². The molecule has 1 aliphatic rings. The summed E-state index contributed by atoms with van der Waals surface area (Å²) < 4.78 is 10.3. The van der Waals surface area contributed by atoms with Crippen LogP contribution < -0.4 is 19.7 Å². The van der Waals surface area contributed by atoms with Gasteiger partial charge in [0.15, 0.2) is 5.75 Å². The van der Waals surface area contributed by atoms with Crippen LogP contribution in [0.5, 0.6) is 11.5 Å². The first-order valence-corrected chi connectivity index (χ1v) is 8.54. The highest BCUT2D eigenvalue weighted by atomic mass is 35.5. The Kier molecular flexibility index (Phi) is 5.36. The summed E-state index contributed by atoms with van der Waals surface area (Å²) in [6.07, 6.45) is 0. The lowest BCUT2D eigenvalue weighted by molar-refractivity contribution is -0.384. The first-order chi connectivity index (χ1) is 13.3. The molecule has 0 fully saturated rings. The summed E-state index contributed by atoms with van der Waals surface area (Å²) in [5, 5.41) is 14.1. The Labute approximate surface area is 164 Å². The summed E-state index contributed by atoms with van der Waals surface area (Å²) >= 11 is 6.06. The van der Waals surface area contributed by atoms with Crippen LogP contribution in [0.1, 0.15) is 5.56 Å². The van der Waals surface area contributed by atoms with Gasteiger partial charge in [-0.05, 0) is 24.6 Å². The molecule has 9 nitrogen and oxygen atoms in total. The summed E-state index contributed by atoms with van der Waals surface area (Å²) in [7, 11) is 1.46. The molecule has 146 valence electrons. The topological polar surface area (TPSA) is 111 Å². The number of hydrogen-bond donors (Lipinski definition) is 1. The number of nitro benzene ring substituents is 1. The Morgan fingerprint density at radius 1 is 1.39 bits per heavy atom. The van der Waals surface area contributed by atoms with Gasteiger partial charge < -0.3 is 19.7 Å². The van der Waals surface area contributed by atoms with Crippen molar-refractivity contribution in [1.82, 2.24) is 0 Å². The van der Waals surface area contributed by atoms with Crippen LogP contribution in [0.2, 0.25) is 5.02 Å². The SMILES string of the molecule is COc1cc(Cl)c(C)cc1NC(=O)CN1CC(=O)Oc2cc([N+](=O)[O-])ccc21. The van der Waals surface area contributed by atoms with E-state index in [1.807, 2.05) is 0 Å². The predicted octanol–water partition coefficient (Wildman–Crippen LogP) is 2.93. The van der Waals surface area contributed by atoms with Crippen LogP contribution in [0.25, 0.3) is 0 Å². The number of amides is 1. The third-order valence-electron chi connectivity index (χ3n) is 4.13. The number of aryl methyl sites for hydroxylation is 1. The van der Waals surface area contributed by atoms with Crippen LogP contribution in [-0.4, -0.2) is 37.0 Å². The molecule has 0 aliphatic carbocycles. The quantitative estimate of drug-likeness (QED) is 0.352. The van der Waals surface area contributed by atoms with E-state index in [1.165, 1.54) is 24.1 Å². The van der Waals surface area contributed by atoms with E-state index in [2.05, 4.69) is 5.32 Å². The molecule has 0 saturated heterocycles. The van der Waals surface area contributed by atoms with E-state index in [-0.39, 0.29) is 24.5 Å². The van der Waals surface area contributed by atoms with Gasteiger partial charge >= 0.3 is 5.97 Å². The van der Waals surface area contributed by atoms with Gasteiger partial charge in [-0.25, -0.2) is 4.79 Å². The number of ether oxygens (including phenoxy) is 2. The molecule has 0 radical (unpaired) electrons. The molecular weight excluding hydrogens is 390 g/mol. The molecule has 1 aliphatic heterocycles. The zero-order valence-corrected chi connectivity index (χ0v) is 15.8. The first kappa shape index (κ1) is 19.4. The first-order valence-electron chi connectivity index (χ1n) is 8.16. The number of methoxy groups -OCH3 is 1. The number of carbonyl (C=O) groups is 2. The lowest BCUT2D eigenvalue weighted by Crippen LogP contribution is -2.41. The number of carbonyl (C=O) groups excluding carboxylic acids is 2. The van der Waals surface area contributed by atoms with Crippen LogP contribution in [0.3, 0.4) is 0 Å². The maximum Gasteiger partial charge on any atom is 0.331 e. The van der Waals surface area contributed by atoms with Gasteiger partial charge in [0, 0.05) is 17.2 Å². The number of hydrogen-bond acceptors (Lipinski definition) is 7. The molecule has 0 unspecified atom stereocenters. The number of non-ortho nitro benzene ring substituents is 1. The van der Waals surface area contributed by atoms with Crippen LogP contribution in [0.4, 0.5) is 17.1 Å². The van der Waals surface area contributed by atoms with Gasteiger partial charge in [0.1, 0.15) is 12.3 Å². The van der Waals surface area contributed by atoms with E-state index >= 15 is 0 Å². The Morgan fingerprint density at radius 2 is 2.14 bits per heavy atom. The Morgan fingerprint density at radius 3 is 2.82 bits per heavy atom. The van der Waals surface area contributed by atoms with Gasteiger partial charge in [-0.15, -0.1) is 0 Å². The minimum absolute atomic E-state index is 0.0400. The molecule has 1 heterocycles. The van der Waals surface area contributed by atoms with Crippen molar-refractivity contribution in [2.24, 2.45) is 0 Å². The number of nitro groups is 1. The number of fused-ring (bicyclic) bond motifs is 1. The Balaban J connectivity index is 1.81. The molecule has 3 rings (SSSR count). The zero-order valence-electron chi connectivity index (χ0n) is 15.0. The van der Waals surface area contributed by atoms with Crippen molar-refractivity contribution in [3.8, 4) is 11.5 Å². The largest absolute Gasteiger partial charge is 0.495 e. The summed E-state index contributed by atoms with van der Waals surface area (Å²) in [5.74, 6) is -0.573. The predicted molar refractivity (Wildman–Crippen MR) is 102 cm³/mol. The highest BCUT2D eigenvalue weighted by Crippen LogP contribution is 2.35. The second-order valence-electron chi connectivity index (χ2n) is 6.09. The second-order valence-corrected chi connectivity index (χ2v) is 6.50. The number of esters is 1. The van der Waals surface area contributed by atoms with E-state index < -0.39 is 16.8 Å². The van der Waals surface area contributed by atoms with Gasteiger partial charge in [0.25, 0.3) is 5.69 Å². The number of nitrogens with zero attached hydrogens (tertiary/aromatic N) is 2. The average Bonchev–Trinajstić information content (AvgIpc) is 2.63. The van der Waals surface area contributed by atoms with Crippen molar-refractivity contribution in [2.45, 2.75) is 6.92 Å². The maximum absolute atomic E-state index is 12.5. The van der Waals surface area contributed by atoms with E-state index in [1.54, 1.807) is 19.1 Å². The number of halogens is 1. The molecule has 0 aromatic heterocycles. The molecular formula is C18H16ClN3O6. The molecule has 10 heteroatoms. The highest BCUT2D eigenvalue weighted by Gasteiger charge is 2.27. The summed E-state index contributed by atoms with van der Waals surface area (Å²) in [5.41, 5.74) is 1.41. The normalized spacial score (nSPS) is 12.8. The summed E-state index contributed by atoms with van der Waals surface area (Å²) in [6.45, 7) is 1.47. The monoisotopic (exact) mass is 405 g/mol. The molecule has 28 heavy (non-hydrogen) atoms. The number of rotatable bonds is 5. The zero-order chi connectivity index (χ0) is 20.4. The number of anilines is 2. The van der Waals surface area contributed by atoms with Crippen LogP contribution >= 0.6 is 11.6 Å². The van der Waals surface area contributed by atoms with Gasteiger partial charge in [-0.1, -0.05) is 11.6 Å². The molecule has 1 N–H and O–H groups in total. The van der Waals surface area contributed by atoms with Crippen molar-refractivity contribution in [1.29, 1.82) is 0 Å². The summed E-state index contributed by atoms with van der Waals surface area (Å²) in [6, 6.07) is 7.16. The fraction of sp³-hybridized carbons (Fsp3) is 0.222. The van der Waals surface area contributed by atoms with Crippen LogP contribution in [0.15, 0.2) is 30.3 Å². The molecule has 0 bridgehead atoms. The summed E-state index contributed by atoms with van der Waals surface area (Å²) in [4.78, 5) is 36.2. The fourth-order valence-corrected chi connectivity index (χ4v) is 2.94. The van der Waals surface area contributed by atoms with Crippen molar-refractivity contribution >= 4 is 40.5 Å². The van der Waals surface area contributed by atoms with Gasteiger partial charge in [-0.2, -0.15) is 0 Å². The minimum Gasteiger partial charge on any atom is -0.495 e. The minimum atomic E-state index is -0.610. The molecule has 0 atom stereocenters. The van der Waals surface area contributed by atoms with Crippen LogP contribution in [-0.2, 0) is 9.59 Å². The molecule has 2 aromatic carbocycles. The lowest BCUT2D eigenvalue weighted by Gasteiger charge is -2.29. The van der Waals surface area contributed by atoms with Crippen molar-refractivity contribution in [3.05, 3.63) is 51.0 Å². The van der Waals surface area contributed by atoms with Crippen molar-refractivity contribution in [3.63, 3.8) is 0 Å². The fourth-order valence-electron chi connectivity index (χ4n) is 2.79. The standard InChI is InChI=1S/C18H16ClN3O6/c1-10-5-13(15(27-2)7-12(10)19)20-17(23)8-21-9-18(24)28-16-6-11(22(25)26)3-4-14(16)21/h3-7H,8-9H2,1-2H3,(H,20,23). The third kappa shape index (κ3) is 3.99. The molecule has 1 amide bonds. The Bertz CT molecular complexity index is 978. The molecule has 0 saturated carbocycles. The maximum atomic E-state index is 12.5. The Hall–Kier alpha value is -3.33. The van der Waals surface area contributed by atoms with Crippen molar-refractivity contribution in [2.75, 3.05) is 30.4 Å². The number of benzene rings is 2. The van der Waals surface area contributed by atoms with E-state index in [0.29, 0.717) is 22.1 Å². The lowest BCUT2D eigenvalue weighted by atomic mass is 10.2. The van der Waals surface area contributed by atoms with E-state index in [0.717, 1.165) is 11.6 Å². The number of nitrogens with one attached hydrogen (secondary N) is 1. The van der Waals surface area contributed by atoms with E-state index in [4.69, 9.17) is 21.1 Å². The average molecular weight is 406 g/mol. The van der Waals surface area contributed by atoms with Gasteiger partial charge in [-0.3, -0.25) is 14.9 Å². The highest BCUT2D eigenvalue weighted by molar-refractivity contribution is 6.31. The van der Waals surface area contributed by atoms with E-state index in [9.17, 15) is 19.7 Å². The van der Waals surface area contributed by atoms with Gasteiger partial charge in [0.05, 0.1) is 36.0 Å². The third-order valence-corrected chi connectivity index (χ3v) is 4.54. The molecule has 0 spiro atoms. The van der Waals surface area contributed by atoms with Crippen LogP contribution in [0, 0.1) is 17.0 Å². The molecule has 2 aromatic rings. The smallest absolute Gasteiger partial charge is 0.331 e. The van der Waals surface area contributed by atoms with Gasteiger partial charge in [0.2, 0.25) is 5.91 Å². The second kappa shape index (κ2) is 7.73.